The zero-order chi connectivity index (χ0) is 21.5. The zero-order valence-electron chi connectivity index (χ0n) is 16.8. The molecule has 3 rings (SSSR count). The predicted molar refractivity (Wildman–Crippen MR) is 121 cm³/mol. The molecule has 0 heterocycles. The minimum absolute atomic E-state index is 0.0612. The summed E-state index contributed by atoms with van der Waals surface area (Å²) in [6.07, 6.45) is 0.661. The minimum Gasteiger partial charge on any atom is -0.325 e. The Bertz CT molecular complexity index is 1040. The van der Waals surface area contributed by atoms with Crippen molar-refractivity contribution in [2.75, 3.05) is 10.6 Å². The average Bonchev–Trinajstić information content (AvgIpc) is 2.72. The first-order valence-electron chi connectivity index (χ1n) is 9.66. The molecule has 0 aliphatic rings. The lowest BCUT2D eigenvalue weighted by Gasteiger charge is -2.16. The first-order chi connectivity index (χ1) is 14.4. The Kier molecular flexibility index (Phi) is 7.25. The van der Waals surface area contributed by atoms with Gasteiger partial charge in [-0.1, -0.05) is 25.1 Å². The van der Waals surface area contributed by atoms with E-state index in [9.17, 15) is 14.0 Å². The molecule has 0 fully saturated rings. The second kappa shape index (κ2) is 10.1. The molecule has 0 spiro atoms. The number of hydrogen-bond donors (Lipinski definition) is 2. The monoisotopic (exact) mass is 422 g/mol. The van der Waals surface area contributed by atoms with Gasteiger partial charge in [-0.25, -0.2) is 4.39 Å². The number of anilines is 2. The third-order valence-corrected chi connectivity index (χ3v) is 5.78. The van der Waals surface area contributed by atoms with E-state index in [1.165, 1.54) is 36.0 Å². The van der Waals surface area contributed by atoms with Crippen molar-refractivity contribution in [2.45, 2.75) is 30.4 Å². The molecule has 0 radical (unpaired) electrons. The summed E-state index contributed by atoms with van der Waals surface area (Å²) in [5.74, 6) is -0.769. The predicted octanol–water partition coefficient (Wildman–Crippen LogP) is 5.90. The maximum absolute atomic E-state index is 13.0. The van der Waals surface area contributed by atoms with E-state index in [0.29, 0.717) is 17.7 Å². The van der Waals surface area contributed by atoms with Gasteiger partial charge in [0.15, 0.2) is 0 Å². The van der Waals surface area contributed by atoms with Crippen LogP contribution in [0.1, 0.15) is 29.3 Å². The Morgan fingerprint density at radius 3 is 2.27 bits per heavy atom. The Balaban J connectivity index is 1.66. The molecular weight excluding hydrogens is 399 g/mol. The molecule has 3 aromatic rings. The Morgan fingerprint density at radius 2 is 1.60 bits per heavy atom. The first kappa shape index (κ1) is 21.6. The molecule has 4 nitrogen and oxygen atoms in total. The summed E-state index contributed by atoms with van der Waals surface area (Å²) in [5, 5.41) is 5.51. The lowest BCUT2D eigenvalue weighted by molar-refractivity contribution is -0.115. The summed E-state index contributed by atoms with van der Waals surface area (Å²) < 4.78 is 13.0. The van der Waals surface area contributed by atoms with Crippen LogP contribution in [0.5, 0.6) is 0 Å². The number of hydrogen-bond acceptors (Lipinski definition) is 3. The summed E-state index contributed by atoms with van der Waals surface area (Å²) in [5.41, 5.74) is 2.85. The molecule has 2 amide bonds. The van der Waals surface area contributed by atoms with Crippen molar-refractivity contribution in [3.05, 3.63) is 89.7 Å². The molecule has 0 aliphatic heterocycles. The number of amides is 2. The van der Waals surface area contributed by atoms with Gasteiger partial charge in [-0.15, -0.1) is 11.8 Å². The lowest BCUT2D eigenvalue weighted by atomic mass is 10.2. The maximum Gasteiger partial charge on any atom is 0.255 e. The second-order valence-corrected chi connectivity index (χ2v) is 8.14. The molecule has 0 aromatic heterocycles. The van der Waals surface area contributed by atoms with E-state index < -0.39 is 0 Å². The van der Waals surface area contributed by atoms with Gasteiger partial charge in [0.1, 0.15) is 5.82 Å². The fourth-order valence-electron chi connectivity index (χ4n) is 2.88. The number of carbonyl (C=O) groups excluding carboxylic acids is 2. The molecule has 2 N–H and O–H groups in total. The SMILES string of the molecule is CCC(Sc1cccc(NC(=O)c2ccc(F)cc2)c1)C(=O)Nc1cccc(C)c1. The maximum atomic E-state index is 13.0. The number of thioether (sulfide) groups is 1. The van der Waals surface area contributed by atoms with Gasteiger partial charge in [-0.05, 0) is 73.5 Å². The van der Waals surface area contributed by atoms with Crippen LogP contribution in [-0.4, -0.2) is 17.1 Å². The number of benzene rings is 3. The molecule has 3 aromatic carbocycles. The number of rotatable bonds is 7. The highest BCUT2D eigenvalue weighted by atomic mass is 32.2. The van der Waals surface area contributed by atoms with Gasteiger partial charge in [-0.3, -0.25) is 9.59 Å². The van der Waals surface area contributed by atoms with E-state index in [-0.39, 0.29) is 22.9 Å². The van der Waals surface area contributed by atoms with Gasteiger partial charge in [0.25, 0.3) is 5.91 Å². The minimum atomic E-state index is -0.389. The van der Waals surface area contributed by atoms with E-state index in [1.54, 1.807) is 6.07 Å². The summed E-state index contributed by atoms with van der Waals surface area (Å²) in [6.45, 7) is 3.95. The van der Waals surface area contributed by atoms with Gasteiger partial charge in [0.05, 0.1) is 5.25 Å². The van der Waals surface area contributed by atoms with Crippen LogP contribution in [0, 0.1) is 12.7 Å². The molecular formula is C24H23FN2O2S. The largest absolute Gasteiger partial charge is 0.325 e. The molecule has 1 atom stereocenters. The highest BCUT2D eigenvalue weighted by Gasteiger charge is 2.18. The summed E-state index contributed by atoms with van der Waals surface area (Å²) in [4.78, 5) is 25.9. The summed E-state index contributed by atoms with van der Waals surface area (Å²) in [6, 6.07) is 20.4. The van der Waals surface area contributed by atoms with Gasteiger partial charge in [0, 0.05) is 21.8 Å². The van der Waals surface area contributed by atoms with Crippen molar-refractivity contribution in [3.63, 3.8) is 0 Å². The van der Waals surface area contributed by atoms with E-state index in [1.807, 2.05) is 56.3 Å². The fraction of sp³-hybridized carbons (Fsp3) is 0.167. The van der Waals surface area contributed by atoms with Crippen molar-refractivity contribution in [2.24, 2.45) is 0 Å². The third-order valence-electron chi connectivity index (χ3n) is 4.43. The van der Waals surface area contributed by atoms with Crippen LogP contribution in [0.15, 0.2) is 77.7 Å². The average molecular weight is 423 g/mol. The lowest BCUT2D eigenvalue weighted by Crippen LogP contribution is -2.24. The molecule has 0 saturated carbocycles. The van der Waals surface area contributed by atoms with Crippen LogP contribution in [0.4, 0.5) is 15.8 Å². The number of nitrogens with one attached hydrogen (secondary N) is 2. The van der Waals surface area contributed by atoms with Crippen molar-refractivity contribution in [3.8, 4) is 0 Å². The second-order valence-electron chi connectivity index (χ2n) is 6.86. The Labute approximate surface area is 179 Å². The van der Waals surface area contributed by atoms with Crippen LogP contribution in [0.2, 0.25) is 0 Å². The molecule has 0 bridgehead atoms. The number of aryl methyl sites for hydroxylation is 1. The van der Waals surface area contributed by atoms with Crippen molar-refractivity contribution < 1.29 is 14.0 Å². The summed E-state index contributed by atoms with van der Waals surface area (Å²) in [7, 11) is 0. The van der Waals surface area contributed by atoms with E-state index >= 15 is 0 Å². The molecule has 30 heavy (non-hydrogen) atoms. The van der Waals surface area contributed by atoms with Gasteiger partial charge < -0.3 is 10.6 Å². The van der Waals surface area contributed by atoms with Crippen LogP contribution < -0.4 is 10.6 Å². The van der Waals surface area contributed by atoms with Crippen LogP contribution in [-0.2, 0) is 4.79 Å². The quantitative estimate of drug-likeness (QED) is 0.466. The van der Waals surface area contributed by atoms with Crippen molar-refractivity contribution >= 4 is 35.0 Å². The Hall–Kier alpha value is -3.12. The molecule has 154 valence electrons. The number of halogens is 1. The van der Waals surface area contributed by atoms with Crippen LogP contribution in [0.3, 0.4) is 0 Å². The van der Waals surface area contributed by atoms with Gasteiger partial charge >= 0.3 is 0 Å². The normalized spacial score (nSPS) is 11.6. The van der Waals surface area contributed by atoms with Gasteiger partial charge in [-0.2, -0.15) is 0 Å². The third kappa shape index (κ3) is 5.94. The highest BCUT2D eigenvalue weighted by Crippen LogP contribution is 2.29. The topological polar surface area (TPSA) is 58.2 Å². The molecule has 0 saturated heterocycles. The van der Waals surface area contributed by atoms with Crippen molar-refractivity contribution in [1.82, 2.24) is 0 Å². The zero-order valence-corrected chi connectivity index (χ0v) is 17.6. The standard InChI is InChI=1S/C24H23FN2O2S/c1-3-22(24(29)27-19-7-4-6-16(2)14-19)30-21-9-5-8-20(15-21)26-23(28)17-10-12-18(25)13-11-17/h4-15,22H,3H2,1-2H3,(H,26,28)(H,27,29). The van der Waals surface area contributed by atoms with Crippen LogP contribution >= 0.6 is 11.8 Å². The number of carbonyl (C=O) groups is 2. The molecule has 6 heteroatoms. The molecule has 0 aliphatic carbocycles. The first-order valence-corrected chi connectivity index (χ1v) is 10.5. The van der Waals surface area contributed by atoms with E-state index in [2.05, 4.69) is 10.6 Å². The van der Waals surface area contributed by atoms with E-state index in [0.717, 1.165) is 16.1 Å². The van der Waals surface area contributed by atoms with E-state index in [4.69, 9.17) is 0 Å². The van der Waals surface area contributed by atoms with Gasteiger partial charge in [0.2, 0.25) is 5.91 Å². The van der Waals surface area contributed by atoms with Crippen LogP contribution in [0.25, 0.3) is 0 Å². The molecule has 1 unspecified atom stereocenters. The highest BCUT2D eigenvalue weighted by molar-refractivity contribution is 8.00. The van der Waals surface area contributed by atoms with Crippen molar-refractivity contribution in [1.29, 1.82) is 0 Å². The fourth-order valence-corrected chi connectivity index (χ4v) is 3.90. The smallest absolute Gasteiger partial charge is 0.255 e. The summed E-state index contributed by atoms with van der Waals surface area (Å²) >= 11 is 1.45. The Morgan fingerprint density at radius 1 is 0.933 bits per heavy atom.